The maximum Gasteiger partial charge on any atom is 0.335 e. The molecule has 3 heterocycles. The second-order valence-corrected chi connectivity index (χ2v) is 10.4. The fourth-order valence-electron chi connectivity index (χ4n) is 4.76. The van der Waals surface area contributed by atoms with Crippen molar-refractivity contribution in [3.8, 4) is 27.9 Å². The molecule has 0 fully saturated rings. The minimum atomic E-state index is -0.994. The molecule has 1 unspecified atom stereocenters. The molecule has 0 saturated carbocycles. The number of carbonyl (C=O) groups is 1. The van der Waals surface area contributed by atoms with Gasteiger partial charge in [-0.05, 0) is 70.1 Å². The molecule has 208 valence electrons. The molecule has 3 aromatic heterocycles. The zero-order chi connectivity index (χ0) is 29.2. The van der Waals surface area contributed by atoms with Crippen LogP contribution in [0.3, 0.4) is 0 Å². The van der Waals surface area contributed by atoms with E-state index in [1.807, 2.05) is 24.4 Å². The normalized spacial score (nSPS) is 11.9. The number of carboxylic acid groups (broad SMARTS) is 1. The molecule has 6 aromatic rings. The molecular weight excluding hydrogens is 577 g/mol. The van der Waals surface area contributed by atoms with Gasteiger partial charge in [0.25, 0.3) is 0 Å². The summed E-state index contributed by atoms with van der Waals surface area (Å²) in [4.78, 5) is 11.3. The Kier molecular flexibility index (Phi) is 7.39. The topological polar surface area (TPSA) is 126 Å². The Hall–Kier alpha value is -5.06. The lowest BCUT2D eigenvalue weighted by molar-refractivity contribution is -0.615. The van der Waals surface area contributed by atoms with Crippen molar-refractivity contribution in [2.45, 2.75) is 12.5 Å². The van der Waals surface area contributed by atoms with Crippen molar-refractivity contribution in [3.63, 3.8) is 0 Å². The summed E-state index contributed by atoms with van der Waals surface area (Å²) in [6.45, 7) is 0. The van der Waals surface area contributed by atoms with E-state index in [9.17, 15) is 15.1 Å². The van der Waals surface area contributed by atoms with Gasteiger partial charge in [0.2, 0.25) is 5.69 Å². The van der Waals surface area contributed by atoms with E-state index in [-0.39, 0.29) is 5.56 Å². The highest BCUT2D eigenvalue weighted by atomic mass is 35.5. The van der Waals surface area contributed by atoms with Crippen molar-refractivity contribution in [2.75, 3.05) is 0 Å². The second-order valence-electron chi connectivity index (χ2n) is 9.52. The largest absolute Gasteiger partial charge is 0.618 e. The first kappa shape index (κ1) is 27.1. The van der Waals surface area contributed by atoms with E-state index in [1.165, 1.54) is 17.2 Å². The number of pyridine rings is 1. The molecule has 0 radical (unpaired) electrons. The van der Waals surface area contributed by atoms with Crippen molar-refractivity contribution in [1.82, 2.24) is 30.0 Å². The van der Waals surface area contributed by atoms with Crippen LogP contribution in [0.1, 0.15) is 27.7 Å². The fourth-order valence-corrected chi connectivity index (χ4v) is 5.06. The van der Waals surface area contributed by atoms with Crippen LogP contribution in [-0.4, -0.2) is 41.1 Å². The Labute approximate surface area is 249 Å². The molecule has 0 aliphatic heterocycles. The average molecular weight is 598 g/mol. The molecule has 6 rings (SSSR count). The predicted molar refractivity (Wildman–Crippen MR) is 156 cm³/mol. The SMILES string of the molecule is O=C(O)c1ccc(-c2cnn(C(Cc3ccc(Cl)cc3)c3ccc(-c4cc(Cl)ccc4-n4cnnn4)c[n+]3[O-])c2)cc1. The number of hydrogen-bond donors (Lipinski definition) is 1. The van der Waals surface area contributed by atoms with E-state index in [0.29, 0.717) is 39.0 Å². The van der Waals surface area contributed by atoms with E-state index in [2.05, 4.69) is 20.6 Å². The van der Waals surface area contributed by atoms with Gasteiger partial charge in [0, 0.05) is 45.4 Å². The van der Waals surface area contributed by atoms with Gasteiger partial charge in [-0.1, -0.05) is 47.5 Å². The Morgan fingerprint density at radius 1 is 0.929 bits per heavy atom. The maximum atomic E-state index is 13.7. The van der Waals surface area contributed by atoms with Crippen LogP contribution in [0.5, 0.6) is 0 Å². The highest BCUT2D eigenvalue weighted by Crippen LogP contribution is 2.31. The Morgan fingerprint density at radius 2 is 1.67 bits per heavy atom. The number of hydrogen-bond acceptors (Lipinski definition) is 6. The number of aromatic nitrogens is 7. The number of halogens is 2. The lowest BCUT2D eigenvalue weighted by Gasteiger charge is -2.18. The van der Waals surface area contributed by atoms with Crippen molar-refractivity contribution in [2.24, 2.45) is 0 Å². The quantitative estimate of drug-likeness (QED) is 0.177. The third-order valence-corrected chi connectivity index (χ3v) is 7.37. The minimum Gasteiger partial charge on any atom is -0.618 e. The number of rotatable bonds is 8. The molecule has 0 amide bonds. The molecule has 0 aliphatic rings. The molecule has 0 bridgehead atoms. The average Bonchev–Trinajstić information content (AvgIpc) is 3.71. The first-order valence-corrected chi connectivity index (χ1v) is 13.5. The molecule has 3 aromatic carbocycles. The van der Waals surface area contributed by atoms with Crippen molar-refractivity contribution >= 4 is 29.2 Å². The molecule has 0 spiro atoms. The maximum absolute atomic E-state index is 13.7. The molecule has 1 N–H and O–H groups in total. The Morgan fingerprint density at radius 3 is 2.36 bits per heavy atom. The minimum absolute atomic E-state index is 0.196. The number of carboxylic acids is 1. The van der Waals surface area contributed by atoms with Gasteiger partial charge in [-0.15, -0.1) is 5.10 Å². The molecule has 0 aliphatic carbocycles. The van der Waals surface area contributed by atoms with Crippen molar-refractivity contribution in [3.05, 3.63) is 136 Å². The second kappa shape index (κ2) is 11.4. The van der Waals surface area contributed by atoms with Crippen LogP contribution in [0, 0.1) is 5.21 Å². The van der Waals surface area contributed by atoms with Crippen LogP contribution in [0.15, 0.2) is 104 Å². The first-order chi connectivity index (χ1) is 20.4. The van der Waals surface area contributed by atoms with Gasteiger partial charge in [-0.2, -0.15) is 14.5 Å². The summed E-state index contributed by atoms with van der Waals surface area (Å²) < 4.78 is 4.08. The standard InChI is InChI=1S/C30H21Cl2N7O3/c31-24-8-1-19(2-9-24)13-29(37-16-23(15-34-37)20-3-5-21(6-4-20)30(40)41)28-11-7-22(17-39(28)42)26-14-25(32)10-12-27(26)38-18-33-35-36-38/h1-12,14-18,29H,13H2,(H,40,41). The van der Waals surface area contributed by atoms with Gasteiger partial charge in [-0.3, -0.25) is 4.68 Å². The Balaban J connectivity index is 1.40. The van der Waals surface area contributed by atoms with E-state index < -0.39 is 12.0 Å². The third-order valence-electron chi connectivity index (χ3n) is 6.88. The summed E-state index contributed by atoms with van der Waals surface area (Å²) >= 11 is 12.4. The van der Waals surface area contributed by atoms with E-state index in [0.717, 1.165) is 21.4 Å². The zero-order valence-electron chi connectivity index (χ0n) is 21.7. The van der Waals surface area contributed by atoms with Gasteiger partial charge in [0.1, 0.15) is 12.4 Å². The molecule has 1 atom stereocenters. The lowest BCUT2D eigenvalue weighted by atomic mass is 10.0. The third kappa shape index (κ3) is 5.58. The van der Waals surface area contributed by atoms with Gasteiger partial charge < -0.3 is 10.3 Å². The van der Waals surface area contributed by atoms with E-state index in [1.54, 1.807) is 71.5 Å². The lowest BCUT2D eigenvalue weighted by Crippen LogP contribution is -2.36. The summed E-state index contributed by atoms with van der Waals surface area (Å²) in [7, 11) is 0. The van der Waals surface area contributed by atoms with Gasteiger partial charge in [0.15, 0.2) is 6.20 Å². The number of tetrazole rings is 1. The van der Waals surface area contributed by atoms with Crippen LogP contribution in [-0.2, 0) is 6.42 Å². The van der Waals surface area contributed by atoms with Crippen LogP contribution in [0.2, 0.25) is 10.0 Å². The fraction of sp³-hybridized carbons (Fsp3) is 0.0667. The predicted octanol–water partition coefficient (Wildman–Crippen LogP) is 5.66. The molecule has 12 heteroatoms. The zero-order valence-corrected chi connectivity index (χ0v) is 23.3. The molecular formula is C30H21Cl2N7O3. The monoisotopic (exact) mass is 597 g/mol. The first-order valence-electron chi connectivity index (χ1n) is 12.7. The summed E-state index contributed by atoms with van der Waals surface area (Å²) in [6.07, 6.45) is 6.97. The molecule has 0 saturated heterocycles. The summed E-state index contributed by atoms with van der Waals surface area (Å²) in [5.74, 6) is -0.994. The van der Waals surface area contributed by atoms with Crippen LogP contribution in [0.4, 0.5) is 0 Å². The van der Waals surface area contributed by atoms with E-state index >= 15 is 0 Å². The number of benzene rings is 3. The van der Waals surface area contributed by atoms with Crippen LogP contribution < -0.4 is 4.73 Å². The smallest absolute Gasteiger partial charge is 0.335 e. The summed E-state index contributed by atoms with van der Waals surface area (Å²) in [6, 6.07) is 22.4. The van der Waals surface area contributed by atoms with Crippen LogP contribution in [0.25, 0.3) is 27.9 Å². The van der Waals surface area contributed by atoms with Crippen LogP contribution >= 0.6 is 23.2 Å². The van der Waals surface area contributed by atoms with Crippen molar-refractivity contribution < 1.29 is 14.6 Å². The van der Waals surface area contributed by atoms with Gasteiger partial charge >= 0.3 is 5.97 Å². The van der Waals surface area contributed by atoms with E-state index in [4.69, 9.17) is 23.2 Å². The number of nitrogens with zero attached hydrogens (tertiary/aromatic N) is 7. The van der Waals surface area contributed by atoms with Gasteiger partial charge in [0.05, 0.1) is 17.4 Å². The Bertz CT molecular complexity index is 1870. The number of aromatic carboxylic acids is 1. The molecule has 42 heavy (non-hydrogen) atoms. The summed E-state index contributed by atoms with van der Waals surface area (Å²) in [5.41, 5.74) is 5.20. The summed E-state index contributed by atoms with van der Waals surface area (Å²) in [5, 5.41) is 40.0. The molecule has 10 nitrogen and oxygen atoms in total. The van der Waals surface area contributed by atoms with Gasteiger partial charge in [-0.25, -0.2) is 4.79 Å². The highest BCUT2D eigenvalue weighted by molar-refractivity contribution is 6.31. The van der Waals surface area contributed by atoms with Crippen molar-refractivity contribution in [1.29, 1.82) is 0 Å². The highest BCUT2D eigenvalue weighted by Gasteiger charge is 2.25.